The number of aryl methyl sites for hydroxylation is 1. The van der Waals surface area contributed by atoms with Gasteiger partial charge < -0.3 is 15.4 Å². The molecule has 0 atom stereocenters. The van der Waals surface area contributed by atoms with Gasteiger partial charge in [0.1, 0.15) is 5.60 Å². The van der Waals surface area contributed by atoms with E-state index in [-0.39, 0.29) is 18.5 Å². The number of benzene rings is 1. The third kappa shape index (κ3) is 5.66. The predicted molar refractivity (Wildman–Crippen MR) is 100 cm³/mol. The van der Waals surface area contributed by atoms with Gasteiger partial charge in [-0.05, 0) is 57.7 Å². The van der Waals surface area contributed by atoms with Crippen molar-refractivity contribution >= 4 is 23.4 Å². The van der Waals surface area contributed by atoms with Crippen molar-refractivity contribution < 1.29 is 14.3 Å². The molecule has 1 aliphatic rings. The van der Waals surface area contributed by atoms with Crippen LogP contribution in [-0.2, 0) is 16.0 Å². The fourth-order valence-electron chi connectivity index (χ4n) is 2.70. The largest absolute Gasteiger partial charge is 0.443 e. The highest BCUT2D eigenvalue weighted by molar-refractivity contribution is 5.90. The van der Waals surface area contributed by atoms with Gasteiger partial charge in [0.25, 0.3) is 0 Å². The number of amides is 2. The molecule has 0 saturated heterocycles. The second kappa shape index (κ2) is 8.23. The van der Waals surface area contributed by atoms with Gasteiger partial charge in [0.2, 0.25) is 5.91 Å². The number of hydrogen-bond acceptors (Lipinski definition) is 4. The number of fused-ring (bicyclic) bond motifs is 1. The van der Waals surface area contributed by atoms with Crippen LogP contribution in [0.25, 0.3) is 0 Å². The molecule has 1 heterocycles. The second-order valence-electron chi connectivity index (χ2n) is 7.28. The molecule has 2 rings (SSSR count). The van der Waals surface area contributed by atoms with Crippen LogP contribution >= 0.6 is 0 Å². The van der Waals surface area contributed by atoms with Crippen LogP contribution in [-0.4, -0.2) is 37.2 Å². The van der Waals surface area contributed by atoms with Crippen molar-refractivity contribution in [2.45, 2.75) is 52.6 Å². The van der Waals surface area contributed by atoms with Crippen LogP contribution in [0.1, 0.15) is 46.1 Å². The summed E-state index contributed by atoms with van der Waals surface area (Å²) in [7, 11) is 0. The van der Waals surface area contributed by atoms with Crippen molar-refractivity contribution in [2.75, 3.05) is 29.9 Å². The smallest absolute Gasteiger partial charge is 0.414 e. The molecule has 6 heteroatoms. The molecule has 1 aliphatic heterocycles. The molecule has 0 spiro atoms. The number of nitrogens with one attached hydrogen (secondary N) is 2. The number of nitrogens with zero attached hydrogens (tertiary/aromatic N) is 1. The van der Waals surface area contributed by atoms with Crippen LogP contribution in [0.15, 0.2) is 18.2 Å². The van der Waals surface area contributed by atoms with E-state index >= 15 is 0 Å². The number of anilines is 2. The summed E-state index contributed by atoms with van der Waals surface area (Å²) in [6.45, 7) is 9.14. The lowest BCUT2D eigenvalue weighted by atomic mass is 10.0. The molecule has 2 N–H and O–H groups in total. The van der Waals surface area contributed by atoms with Gasteiger partial charge in [-0.3, -0.25) is 9.69 Å². The molecule has 25 heavy (non-hydrogen) atoms. The maximum atomic E-state index is 12.5. The highest BCUT2D eigenvalue weighted by Gasteiger charge is 2.27. The zero-order valence-corrected chi connectivity index (χ0v) is 15.6. The van der Waals surface area contributed by atoms with Crippen LogP contribution in [0.2, 0.25) is 0 Å². The molecule has 0 aliphatic carbocycles. The van der Waals surface area contributed by atoms with E-state index in [4.69, 9.17) is 4.74 Å². The van der Waals surface area contributed by atoms with Gasteiger partial charge in [-0.2, -0.15) is 0 Å². The summed E-state index contributed by atoms with van der Waals surface area (Å²) in [5.74, 6) is -0.0384. The van der Waals surface area contributed by atoms with Gasteiger partial charge in [0.05, 0.1) is 12.2 Å². The van der Waals surface area contributed by atoms with Crippen molar-refractivity contribution in [2.24, 2.45) is 0 Å². The molecule has 1 aromatic carbocycles. The van der Waals surface area contributed by atoms with Crippen LogP contribution in [0.4, 0.5) is 16.2 Å². The number of hydrogen-bond donors (Lipinski definition) is 2. The predicted octanol–water partition coefficient (Wildman–Crippen LogP) is 3.31. The zero-order chi connectivity index (χ0) is 18.4. The van der Waals surface area contributed by atoms with Crippen LogP contribution in [0.5, 0.6) is 0 Å². The maximum Gasteiger partial charge on any atom is 0.414 e. The van der Waals surface area contributed by atoms with Crippen LogP contribution in [0.3, 0.4) is 0 Å². The summed E-state index contributed by atoms with van der Waals surface area (Å²) in [5, 5.41) is 5.95. The quantitative estimate of drug-likeness (QED) is 0.857. The van der Waals surface area contributed by atoms with Gasteiger partial charge in [0.15, 0.2) is 0 Å². The molecule has 0 radical (unpaired) electrons. The molecular formula is C19H29N3O3. The first-order chi connectivity index (χ1) is 11.8. The minimum atomic E-state index is -0.526. The molecule has 0 saturated carbocycles. The van der Waals surface area contributed by atoms with Crippen molar-refractivity contribution in [3.63, 3.8) is 0 Å². The molecule has 138 valence electrons. The van der Waals surface area contributed by atoms with E-state index in [2.05, 4.69) is 10.6 Å². The molecule has 2 amide bonds. The summed E-state index contributed by atoms with van der Waals surface area (Å²) in [6, 6.07) is 5.88. The Labute approximate surface area is 149 Å². The Morgan fingerprint density at radius 3 is 2.72 bits per heavy atom. The molecule has 0 bridgehead atoms. The van der Waals surface area contributed by atoms with Gasteiger partial charge in [-0.25, -0.2) is 4.79 Å². The minimum Gasteiger partial charge on any atom is -0.443 e. The normalized spacial score (nSPS) is 13.8. The number of ether oxygens (including phenoxy) is 1. The van der Waals surface area contributed by atoms with Gasteiger partial charge in [-0.1, -0.05) is 13.0 Å². The average Bonchev–Trinajstić information content (AvgIpc) is 2.55. The minimum absolute atomic E-state index is 0.0384. The molecule has 0 unspecified atom stereocenters. The van der Waals surface area contributed by atoms with E-state index < -0.39 is 5.60 Å². The zero-order valence-electron chi connectivity index (χ0n) is 15.6. The Kier molecular flexibility index (Phi) is 6.28. The van der Waals surface area contributed by atoms with Gasteiger partial charge in [-0.15, -0.1) is 0 Å². The molecule has 1 aromatic rings. The lowest BCUT2D eigenvalue weighted by molar-refractivity contribution is -0.119. The van der Waals surface area contributed by atoms with Crippen molar-refractivity contribution in [1.82, 2.24) is 5.32 Å². The fourth-order valence-corrected chi connectivity index (χ4v) is 2.70. The highest BCUT2D eigenvalue weighted by atomic mass is 16.6. The second-order valence-corrected chi connectivity index (χ2v) is 7.28. The Morgan fingerprint density at radius 2 is 2.04 bits per heavy atom. The third-order valence-electron chi connectivity index (χ3n) is 3.84. The Bertz CT molecular complexity index is 623. The average molecular weight is 347 g/mol. The summed E-state index contributed by atoms with van der Waals surface area (Å²) in [5.41, 5.74) is 2.28. The topological polar surface area (TPSA) is 70.7 Å². The summed E-state index contributed by atoms with van der Waals surface area (Å²) >= 11 is 0. The number of carbonyl (C=O) groups is 2. The monoisotopic (exact) mass is 347 g/mol. The maximum absolute atomic E-state index is 12.5. The van der Waals surface area contributed by atoms with E-state index in [9.17, 15) is 9.59 Å². The van der Waals surface area contributed by atoms with E-state index in [0.717, 1.165) is 36.2 Å². The SMILES string of the molecule is CCCNC(=O)CNc1ccc2c(c1)N(C(=O)OC(C)(C)C)CCC2. The summed E-state index contributed by atoms with van der Waals surface area (Å²) in [6.07, 6.45) is 2.44. The molecule has 0 aromatic heterocycles. The Balaban J connectivity index is 2.09. The Morgan fingerprint density at radius 1 is 1.28 bits per heavy atom. The summed E-state index contributed by atoms with van der Waals surface area (Å²) < 4.78 is 5.52. The van der Waals surface area contributed by atoms with Crippen LogP contribution in [0, 0.1) is 0 Å². The van der Waals surface area contributed by atoms with Crippen molar-refractivity contribution in [1.29, 1.82) is 0 Å². The van der Waals surface area contributed by atoms with Gasteiger partial charge >= 0.3 is 6.09 Å². The third-order valence-corrected chi connectivity index (χ3v) is 3.84. The number of rotatable bonds is 5. The van der Waals surface area contributed by atoms with E-state index in [1.165, 1.54) is 0 Å². The molecule has 0 fully saturated rings. The number of carbonyl (C=O) groups excluding carboxylic acids is 2. The highest BCUT2D eigenvalue weighted by Crippen LogP contribution is 2.31. The first kappa shape index (κ1) is 19.1. The van der Waals surface area contributed by atoms with Crippen molar-refractivity contribution in [3.8, 4) is 0 Å². The standard InChI is InChI=1S/C19H29N3O3/c1-5-10-20-17(23)13-21-15-9-8-14-7-6-11-22(16(14)12-15)18(24)25-19(2,3)4/h8-9,12,21H,5-7,10-11,13H2,1-4H3,(H,20,23). The fraction of sp³-hybridized carbons (Fsp3) is 0.579. The van der Waals surface area contributed by atoms with E-state index in [1.807, 2.05) is 45.9 Å². The van der Waals surface area contributed by atoms with Crippen molar-refractivity contribution in [3.05, 3.63) is 23.8 Å². The molecule has 6 nitrogen and oxygen atoms in total. The van der Waals surface area contributed by atoms with E-state index in [0.29, 0.717) is 13.1 Å². The lowest BCUT2D eigenvalue weighted by Gasteiger charge is -2.32. The first-order valence-corrected chi connectivity index (χ1v) is 8.94. The van der Waals surface area contributed by atoms with Gasteiger partial charge in [0, 0.05) is 18.8 Å². The first-order valence-electron chi connectivity index (χ1n) is 8.94. The van der Waals surface area contributed by atoms with E-state index in [1.54, 1.807) is 4.90 Å². The summed E-state index contributed by atoms with van der Waals surface area (Å²) in [4.78, 5) is 25.9. The molecular weight excluding hydrogens is 318 g/mol. The lowest BCUT2D eigenvalue weighted by Crippen LogP contribution is -2.39. The Hall–Kier alpha value is -2.24. The van der Waals surface area contributed by atoms with Crippen LogP contribution < -0.4 is 15.5 Å².